The highest BCUT2D eigenvalue weighted by molar-refractivity contribution is 6.09. The number of anilines is 3. The molecule has 1 amide bonds. The predicted octanol–water partition coefficient (Wildman–Crippen LogP) is 1.74. The maximum absolute atomic E-state index is 13.3. The topological polar surface area (TPSA) is 105 Å². The summed E-state index contributed by atoms with van der Waals surface area (Å²) in [5, 5.41) is 17.6. The van der Waals surface area contributed by atoms with Crippen molar-refractivity contribution in [2.45, 2.75) is 62.6 Å². The number of ether oxygens (including phenoxy) is 1. The number of aliphatic hydroxyl groups excluding tert-OH is 1. The monoisotopic (exact) mass is 398 g/mol. The Morgan fingerprint density at radius 3 is 2.97 bits per heavy atom. The molecule has 0 saturated heterocycles. The van der Waals surface area contributed by atoms with Gasteiger partial charge < -0.3 is 15.2 Å². The van der Waals surface area contributed by atoms with E-state index in [0.29, 0.717) is 31.3 Å². The summed E-state index contributed by atoms with van der Waals surface area (Å²) in [5.41, 5.74) is 1.29. The van der Waals surface area contributed by atoms with E-state index in [4.69, 9.17) is 9.72 Å². The van der Waals surface area contributed by atoms with Gasteiger partial charge in [0.15, 0.2) is 0 Å². The summed E-state index contributed by atoms with van der Waals surface area (Å²) in [7, 11) is 1.66. The van der Waals surface area contributed by atoms with Gasteiger partial charge in [0.05, 0.1) is 36.6 Å². The second-order valence-electron chi connectivity index (χ2n) is 8.27. The lowest BCUT2D eigenvalue weighted by atomic mass is 9.92. The van der Waals surface area contributed by atoms with Crippen molar-refractivity contribution < 1.29 is 14.6 Å². The number of carbonyl (C=O) groups is 1. The van der Waals surface area contributed by atoms with Gasteiger partial charge in [0.1, 0.15) is 5.82 Å². The SMILES string of the molecule is COCCn1cc(Nc2ncc3c(n2)N([C@@H]2CCC[C@@H](O)C2)C(=O)C32CC2)cn1. The Hall–Kier alpha value is -2.52. The number of fused-ring (bicyclic) bond motifs is 2. The molecule has 9 heteroatoms. The van der Waals surface area contributed by atoms with Crippen LogP contribution in [0.2, 0.25) is 0 Å². The molecule has 2 aromatic heterocycles. The Kier molecular flexibility index (Phi) is 4.51. The van der Waals surface area contributed by atoms with Gasteiger partial charge in [0.25, 0.3) is 0 Å². The molecule has 1 spiro atoms. The number of amides is 1. The van der Waals surface area contributed by atoms with Crippen molar-refractivity contribution in [1.82, 2.24) is 19.7 Å². The summed E-state index contributed by atoms with van der Waals surface area (Å²) >= 11 is 0. The molecule has 2 aliphatic carbocycles. The molecule has 2 fully saturated rings. The van der Waals surface area contributed by atoms with E-state index in [1.807, 2.05) is 11.1 Å². The largest absolute Gasteiger partial charge is 0.393 e. The van der Waals surface area contributed by atoms with Gasteiger partial charge in [-0.3, -0.25) is 14.4 Å². The molecule has 0 unspecified atom stereocenters. The molecule has 0 radical (unpaired) electrons. The average molecular weight is 398 g/mol. The van der Waals surface area contributed by atoms with Crippen LogP contribution in [0, 0.1) is 0 Å². The predicted molar refractivity (Wildman–Crippen MR) is 106 cm³/mol. The minimum Gasteiger partial charge on any atom is -0.393 e. The van der Waals surface area contributed by atoms with Gasteiger partial charge in [-0.1, -0.05) is 0 Å². The Labute approximate surface area is 169 Å². The lowest BCUT2D eigenvalue weighted by molar-refractivity contribution is -0.121. The van der Waals surface area contributed by atoms with Gasteiger partial charge in [0.2, 0.25) is 11.9 Å². The fourth-order valence-corrected chi connectivity index (χ4v) is 4.58. The number of nitrogens with zero attached hydrogens (tertiary/aromatic N) is 5. The van der Waals surface area contributed by atoms with Crippen LogP contribution in [0.5, 0.6) is 0 Å². The van der Waals surface area contributed by atoms with E-state index in [1.165, 1.54) is 0 Å². The zero-order valence-corrected chi connectivity index (χ0v) is 16.5. The average Bonchev–Trinajstić information content (AvgIpc) is 3.34. The number of aliphatic hydroxyl groups is 1. The number of rotatable bonds is 6. The van der Waals surface area contributed by atoms with Gasteiger partial charge >= 0.3 is 0 Å². The number of nitrogens with one attached hydrogen (secondary N) is 1. The van der Waals surface area contributed by atoms with Crippen molar-refractivity contribution in [2.75, 3.05) is 23.9 Å². The minimum absolute atomic E-state index is 0.00418. The molecule has 1 aliphatic heterocycles. The van der Waals surface area contributed by atoms with E-state index in [2.05, 4.69) is 15.4 Å². The van der Waals surface area contributed by atoms with E-state index in [9.17, 15) is 9.90 Å². The molecule has 5 rings (SSSR count). The summed E-state index contributed by atoms with van der Waals surface area (Å²) in [6.07, 6.45) is 9.99. The first kappa shape index (κ1) is 18.5. The van der Waals surface area contributed by atoms with Crippen molar-refractivity contribution >= 4 is 23.4 Å². The fraction of sp³-hybridized carbons (Fsp3) is 0.600. The maximum atomic E-state index is 13.3. The molecule has 2 N–H and O–H groups in total. The standard InChI is InChI=1S/C20H26N6O3/c1-29-8-7-25-12-13(10-22-25)23-19-21-11-16-17(24-19)26(18(28)20(16)5-6-20)14-3-2-4-15(27)9-14/h10-12,14-15,27H,2-9H2,1H3,(H,21,23,24)/t14-,15-/m1/s1. The second kappa shape index (κ2) is 7.07. The van der Waals surface area contributed by atoms with Crippen LogP contribution >= 0.6 is 0 Å². The van der Waals surface area contributed by atoms with Crippen molar-refractivity contribution in [1.29, 1.82) is 0 Å². The zero-order valence-electron chi connectivity index (χ0n) is 16.5. The molecule has 2 atom stereocenters. The van der Waals surface area contributed by atoms with E-state index >= 15 is 0 Å². The van der Waals surface area contributed by atoms with Crippen molar-refractivity contribution in [3.63, 3.8) is 0 Å². The van der Waals surface area contributed by atoms with Gasteiger partial charge in [-0.15, -0.1) is 0 Å². The molecule has 0 aromatic carbocycles. The lowest BCUT2D eigenvalue weighted by Gasteiger charge is -2.33. The molecule has 2 saturated carbocycles. The molecular weight excluding hydrogens is 372 g/mol. The Morgan fingerprint density at radius 1 is 1.34 bits per heavy atom. The van der Waals surface area contributed by atoms with Crippen LogP contribution in [-0.2, 0) is 21.5 Å². The Morgan fingerprint density at radius 2 is 2.21 bits per heavy atom. The van der Waals surface area contributed by atoms with Crippen molar-refractivity contribution in [2.24, 2.45) is 0 Å². The smallest absolute Gasteiger partial charge is 0.239 e. The van der Waals surface area contributed by atoms with Crippen molar-refractivity contribution in [3.05, 3.63) is 24.2 Å². The zero-order chi connectivity index (χ0) is 20.0. The van der Waals surface area contributed by atoms with Crippen LogP contribution in [0.4, 0.5) is 17.5 Å². The van der Waals surface area contributed by atoms with Crippen LogP contribution in [0.1, 0.15) is 44.1 Å². The summed E-state index contributed by atoms with van der Waals surface area (Å²) in [5.74, 6) is 1.28. The van der Waals surface area contributed by atoms with E-state index in [1.54, 1.807) is 24.2 Å². The minimum atomic E-state index is -0.429. The first-order chi connectivity index (χ1) is 14.1. The molecule has 3 aliphatic rings. The maximum Gasteiger partial charge on any atom is 0.239 e. The highest BCUT2D eigenvalue weighted by atomic mass is 16.5. The quantitative estimate of drug-likeness (QED) is 0.764. The molecule has 29 heavy (non-hydrogen) atoms. The highest BCUT2D eigenvalue weighted by Gasteiger charge is 2.61. The summed E-state index contributed by atoms with van der Waals surface area (Å²) in [6.45, 7) is 1.25. The van der Waals surface area contributed by atoms with Crippen LogP contribution < -0.4 is 10.2 Å². The fourth-order valence-electron chi connectivity index (χ4n) is 4.58. The van der Waals surface area contributed by atoms with Gasteiger partial charge in [0, 0.05) is 31.1 Å². The van der Waals surface area contributed by atoms with E-state index in [0.717, 1.165) is 43.4 Å². The highest BCUT2D eigenvalue weighted by Crippen LogP contribution is 2.57. The molecule has 9 nitrogen and oxygen atoms in total. The number of hydrogen-bond donors (Lipinski definition) is 2. The van der Waals surface area contributed by atoms with Crippen molar-refractivity contribution in [3.8, 4) is 0 Å². The van der Waals surface area contributed by atoms with Gasteiger partial charge in [-0.25, -0.2) is 4.98 Å². The van der Waals surface area contributed by atoms with E-state index in [-0.39, 0.29) is 18.1 Å². The number of methoxy groups -OCH3 is 1. The normalized spacial score (nSPS) is 24.8. The first-order valence-corrected chi connectivity index (χ1v) is 10.3. The van der Waals surface area contributed by atoms with Crippen LogP contribution in [0.3, 0.4) is 0 Å². The lowest BCUT2D eigenvalue weighted by Crippen LogP contribution is -2.44. The second-order valence-corrected chi connectivity index (χ2v) is 8.27. The van der Waals surface area contributed by atoms with E-state index < -0.39 is 5.41 Å². The van der Waals surface area contributed by atoms with Gasteiger partial charge in [-0.2, -0.15) is 10.1 Å². The molecular formula is C20H26N6O3. The number of carbonyl (C=O) groups excluding carboxylic acids is 1. The molecule has 154 valence electrons. The third-order valence-electron chi connectivity index (χ3n) is 6.29. The van der Waals surface area contributed by atoms with Crippen LogP contribution in [-0.4, -0.2) is 56.6 Å². The van der Waals surface area contributed by atoms with Gasteiger partial charge in [-0.05, 0) is 38.5 Å². The van der Waals surface area contributed by atoms with Crippen LogP contribution in [0.25, 0.3) is 0 Å². The third-order valence-corrected chi connectivity index (χ3v) is 6.29. The number of hydrogen-bond acceptors (Lipinski definition) is 7. The first-order valence-electron chi connectivity index (χ1n) is 10.3. The summed E-state index contributed by atoms with van der Waals surface area (Å²) in [6, 6.07) is 0.00418. The Balaban J connectivity index is 1.42. The molecule has 2 aromatic rings. The summed E-state index contributed by atoms with van der Waals surface area (Å²) in [4.78, 5) is 24.3. The molecule has 0 bridgehead atoms. The Bertz CT molecular complexity index is 925. The summed E-state index contributed by atoms with van der Waals surface area (Å²) < 4.78 is 6.86. The number of aromatic nitrogens is 4. The molecule has 3 heterocycles. The van der Waals surface area contributed by atoms with Crippen LogP contribution in [0.15, 0.2) is 18.6 Å². The third kappa shape index (κ3) is 3.18.